The van der Waals surface area contributed by atoms with Crippen molar-refractivity contribution in [3.63, 3.8) is 0 Å². The third-order valence-corrected chi connectivity index (χ3v) is 8.20. The zero-order chi connectivity index (χ0) is 25.9. The lowest BCUT2D eigenvalue weighted by atomic mass is 9.84. The zero-order valence-electron chi connectivity index (χ0n) is 20.7. The minimum absolute atomic E-state index is 0.0639. The smallest absolute Gasteiger partial charge is 0.409 e. The number of fused-ring (bicyclic) bond motifs is 2. The summed E-state index contributed by atoms with van der Waals surface area (Å²) in [6, 6.07) is 5.55. The Morgan fingerprint density at radius 1 is 1.19 bits per heavy atom. The fraction of sp³-hybridized carbons (Fsp3) is 0.500. The van der Waals surface area contributed by atoms with Crippen LogP contribution in [-0.4, -0.2) is 74.1 Å². The van der Waals surface area contributed by atoms with Crippen molar-refractivity contribution in [2.75, 3.05) is 37.2 Å². The number of nitrogens with zero attached hydrogens (tertiary/aromatic N) is 5. The molecule has 0 spiro atoms. The van der Waals surface area contributed by atoms with E-state index >= 15 is 0 Å². The number of pyridine rings is 1. The van der Waals surface area contributed by atoms with Gasteiger partial charge in [0.25, 0.3) is 5.91 Å². The van der Waals surface area contributed by atoms with Crippen LogP contribution in [0.3, 0.4) is 0 Å². The van der Waals surface area contributed by atoms with Gasteiger partial charge in [-0.15, -0.1) is 0 Å². The first-order valence-corrected chi connectivity index (χ1v) is 14.5. The van der Waals surface area contributed by atoms with Gasteiger partial charge in [0.15, 0.2) is 5.82 Å². The first-order chi connectivity index (χ1) is 17.9. The van der Waals surface area contributed by atoms with Crippen LogP contribution >= 0.6 is 34.2 Å². The highest BCUT2D eigenvalue weighted by Crippen LogP contribution is 2.36. The quantitative estimate of drug-likeness (QED) is 0.220. The molecule has 0 saturated carbocycles. The Kier molecular flexibility index (Phi) is 8.13. The summed E-state index contributed by atoms with van der Waals surface area (Å²) in [4.78, 5) is 38.1. The first-order valence-electron chi connectivity index (χ1n) is 12.6. The lowest BCUT2D eigenvalue weighted by molar-refractivity contribution is 0.0561. The van der Waals surface area contributed by atoms with E-state index in [2.05, 4.69) is 32.7 Å². The van der Waals surface area contributed by atoms with Crippen LogP contribution in [0, 0.1) is 12.8 Å². The van der Waals surface area contributed by atoms with Crippen molar-refractivity contribution in [2.24, 2.45) is 5.92 Å². The van der Waals surface area contributed by atoms with Crippen molar-refractivity contribution < 1.29 is 18.8 Å². The van der Waals surface area contributed by atoms with E-state index in [0.29, 0.717) is 55.2 Å². The average molecular weight is 638 g/mol. The van der Waals surface area contributed by atoms with E-state index in [1.54, 1.807) is 16.7 Å². The third kappa shape index (κ3) is 5.84. The molecule has 2 aromatic heterocycles. The van der Waals surface area contributed by atoms with Crippen LogP contribution in [0.25, 0.3) is 10.9 Å². The zero-order valence-corrected chi connectivity index (χ0v) is 23.6. The minimum atomic E-state index is -0.305. The molecular weight excluding hydrogens is 609 g/mol. The summed E-state index contributed by atoms with van der Waals surface area (Å²) in [5.74, 6) is 1.62. The molecule has 0 bridgehead atoms. The van der Waals surface area contributed by atoms with Crippen molar-refractivity contribution in [2.45, 2.75) is 39.0 Å². The number of aryl methyl sites for hydroxylation is 2. The maximum Gasteiger partial charge on any atom is 0.409 e. The van der Waals surface area contributed by atoms with E-state index < -0.39 is 0 Å². The normalized spacial score (nSPS) is 17.6. The Bertz CT molecular complexity index is 1310. The predicted octanol–water partition coefficient (Wildman–Crippen LogP) is 4.65. The maximum absolute atomic E-state index is 13.2. The van der Waals surface area contributed by atoms with Crippen LogP contribution in [0.15, 0.2) is 22.7 Å². The summed E-state index contributed by atoms with van der Waals surface area (Å²) in [5, 5.41) is 5.60. The van der Waals surface area contributed by atoms with Crippen molar-refractivity contribution in [1.82, 2.24) is 24.9 Å². The molecule has 0 N–H and O–H groups in total. The highest BCUT2D eigenvalue weighted by atomic mass is 127. The van der Waals surface area contributed by atoms with Crippen LogP contribution in [0.4, 0.5) is 4.79 Å². The number of alkyl halides is 1. The van der Waals surface area contributed by atoms with Gasteiger partial charge in [-0.25, -0.2) is 4.79 Å². The molecule has 11 heteroatoms. The van der Waals surface area contributed by atoms with Crippen LogP contribution in [0.5, 0.6) is 0 Å². The second kappa shape index (κ2) is 11.5. The molecule has 9 nitrogen and oxygen atoms in total. The van der Waals surface area contributed by atoms with Gasteiger partial charge < -0.3 is 19.1 Å². The Morgan fingerprint density at radius 3 is 2.70 bits per heavy atom. The van der Waals surface area contributed by atoms with Crippen LogP contribution < -0.4 is 0 Å². The van der Waals surface area contributed by atoms with Crippen LogP contribution in [-0.2, 0) is 24.0 Å². The molecule has 1 aromatic carbocycles. The monoisotopic (exact) mass is 637 g/mol. The third-order valence-electron chi connectivity index (χ3n) is 7.00. The largest absolute Gasteiger partial charge is 0.449 e. The van der Waals surface area contributed by atoms with E-state index in [-0.39, 0.29) is 12.0 Å². The molecule has 1 aliphatic heterocycles. The summed E-state index contributed by atoms with van der Waals surface area (Å²) in [6.45, 7) is 4.09. The van der Waals surface area contributed by atoms with Crippen LogP contribution in [0.2, 0.25) is 5.02 Å². The lowest BCUT2D eigenvalue weighted by Gasteiger charge is -2.34. The SMILES string of the molecule is Cc1nc(CC2CCc3nc4cc(C(=O)N5CCN(C(=O)OCCCI)CC5)ccc4c(Cl)c3C2)no1. The molecule has 5 rings (SSSR count). The van der Waals surface area contributed by atoms with Gasteiger partial charge in [-0.2, -0.15) is 4.98 Å². The number of amides is 2. The first kappa shape index (κ1) is 26.1. The molecule has 3 aromatic rings. The maximum atomic E-state index is 13.2. The Morgan fingerprint density at radius 2 is 1.97 bits per heavy atom. The van der Waals surface area contributed by atoms with Crippen molar-refractivity contribution >= 4 is 57.1 Å². The van der Waals surface area contributed by atoms with Gasteiger partial charge in [0.05, 0.1) is 17.1 Å². The number of benzene rings is 1. The summed E-state index contributed by atoms with van der Waals surface area (Å²) in [7, 11) is 0. The van der Waals surface area contributed by atoms with Gasteiger partial charge in [-0.3, -0.25) is 9.78 Å². The highest BCUT2D eigenvalue weighted by Gasteiger charge is 2.28. The number of ether oxygens (including phenoxy) is 1. The predicted molar refractivity (Wildman–Crippen MR) is 147 cm³/mol. The summed E-state index contributed by atoms with van der Waals surface area (Å²) >= 11 is 9.13. The molecule has 2 aliphatic rings. The Labute approximate surface area is 234 Å². The number of rotatable bonds is 6. The van der Waals surface area contributed by atoms with E-state index in [4.69, 9.17) is 25.8 Å². The molecule has 0 radical (unpaired) electrons. The fourth-order valence-electron chi connectivity index (χ4n) is 5.03. The highest BCUT2D eigenvalue weighted by molar-refractivity contribution is 14.1. The molecule has 1 saturated heterocycles. The average Bonchev–Trinajstić information content (AvgIpc) is 3.33. The molecule has 196 valence electrons. The van der Waals surface area contributed by atoms with E-state index in [0.717, 1.165) is 64.5 Å². The van der Waals surface area contributed by atoms with Gasteiger partial charge in [0.1, 0.15) is 0 Å². The lowest BCUT2D eigenvalue weighted by Crippen LogP contribution is -2.50. The topological polar surface area (TPSA) is 102 Å². The van der Waals surface area contributed by atoms with Gasteiger partial charge in [0, 0.05) is 60.6 Å². The fourth-order valence-corrected chi connectivity index (χ4v) is 5.68. The standard InChI is InChI=1S/C26H29ClIN5O4/c1-16-29-23(31-37-16)14-17-3-6-21-20(13-17)24(27)19-5-4-18(15-22(19)30-21)25(34)32-8-10-33(11-9-32)26(35)36-12-2-7-28/h4-5,15,17H,2-3,6-14H2,1H3. The number of piperazine rings is 1. The van der Waals surface area contributed by atoms with E-state index in [1.807, 2.05) is 18.2 Å². The summed E-state index contributed by atoms with van der Waals surface area (Å²) in [5.41, 5.74) is 3.39. The van der Waals surface area contributed by atoms with Gasteiger partial charge in [-0.1, -0.05) is 45.4 Å². The molecule has 1 atom stereocenters. The Hall–Kier alpha value is -2.47. The second-order valence-corrected chi connectivity index (χ2v) is 11.0. The molecule has 1 aliphatic carbocycles. The van der Waals surface area contributed by atoms with Crippen LogP contribution in [0.1, 0.15) is 46.2 Å². The number of hydrogen-bond donors (Lipinski definition) is 0. The number of carbonyl (C=O) groups excluding carboxylic acids is 2. The molecule has 3 heterocycles. The molecular formula is C26H29ClIN5O4. The van der Waals surface area contributed by atoms with Gasteiger partial charge in [0.2, 0.25) is 5.89 Å². The summed E-state index contributed by atoms with van der Waals surface area (Å²) < 4.78 is 11.4. The molecule has 2 amide bonds. The number of aromatic nitrogens is 3. The number of hydrogen-bond acceptors (Lipinski definition) is 7. The van der Waals surface area contributed by atoms with Crippen molar-refractivity contribution in [3.05, 3.63) is 51.8 Å². The molecule has 1 fully saturated rings. The van der Waals surface area contributed by atoms with Crippen molar-refractivity contribution in [3.8, 4) is 0 Å². The number of halogens is 2. The molecule has 1 unspecified atom stereocenters. The van der Waals surface area contributed by atoms with Crippen molar-refractivity contribution in [1.29, 1.82) is 0 Å². The van der Waals surface area contributed by atoms with E-state index in [9.17, 15) is 9.59 Å². The second-order valence-electron chi connectivity index (χ2n) is 9.56. The molecule has 37 heavy (non-hydrogen) atoms. The number of carbonyl (C=O) groups is 2. The summed E-state index contributed by atoms with van der Waals surface area (Å²) in [6.07, 6.45) is 3.90. The van der Waals surface area contributed by atoms with E-state index in [1.165, 1.54) is 0 Å². The van der Waals surface area contributed by atoms with Gasteiger partial charge in [-0.05, 0) is 49.3 Å². The van der Waals surface area contributed by atoms with Gasteiger partial charge >= 0.3 is 6.09 Å². The minimum Gasteiger partial charge on any atom is -0.449 e. The Balaban J connectivity index is 1.26.